The number of pyridine rings is 1. The van der Waals surface area contributed by atoms with Gasteiger partial charge in [-0.15, -0.1) is 0 Å². The van der Waals surface area contributed by atoms with Crippen LogP contribution in [0.25, 0.3) is 5.65 Å². The Bertz CT molecular complexity index is 529. The Balaban J connectivity index is 1.49. The average molecular weight is 256 g/mol. The summed E-state index contributed by atoms with van der Waals surface area (Å²) in [5.41, 5.74) is 2.23. The smallest absolute Gasteiger partial charge is 0.137 e. The normalized spacial score (nSPS) is 27.8. The molecule has 2 aromatic rings. The lowest BCUT2D eigenvalue weighted by Crippen LogP contribution is -2.40. The second-order valence-corrected chi connectivity index (χ2v) is 5.86. The van der Waals surface area contributed by atoms with Crippen LogP contribution in [0.4, 0.5) is 0 Å². The number of rotatable bonds is 2. The molecule has 4 heterocycles. The maximum atomic E-state index is 4.69. The first-order valence-electron chi connectivity index (χ1n) is 7.27. The van der Waals surface area contributed by atoms with E-state index >= 15 is 0 Å². The van der Waals surface area contributed by atoms with E-state index in [9.17, 15) is 0 Å². The molecule has 0 spiro atoms. The lowest BCUT2D eigenvalue weighted by molar-refractivity contribution is 0.310. The van der Waals surface area contributed by atoms with Crippen molar-refractivity contribution in [2.45, 2.75) is 25.4 Å². The lowest BCUT2D eigenvalue weighted by Gasteiger charge is -2.24. The van der Waals surface area contributed by atoms with Crippen LogP contribution in [-0.2, 0) is 6.54 Å². The highest BCUT2D eigenvalue weighted by molar-refractivity contribution is 5.39. The van der Waals surface area contributed by atoms with Gasteiger partial charge in [0.05, 0.1) is 5.69 Å². The zero-order valence-electron chi connectivity index (χ0n) is 11.1. The van der Waals surface area contributed by atoms with Crippen molar-refractivity contribution in [3.05, 3.63) is 36.3 Å². The molecule has 19 heavy (non-hydrogen) atoms. The van der Waals surface area contributed by atoms with Crippen LogP contribution >= 0.6 is 0 Å². The Morgan fingerprint density at radius 1 is 1.32 bits per heavy atom. The Kier molecular flexibility index (Phi) is 2.78. The number of imidazole rings is 1. The first-order valence-corrected chi connectivity index (χ1v) is 7.27. The SMILES string of the molecule is c1ccn2cc(CN3CC4CCCNC4C3)nc2c1. The van der Waals surface area contributed by atoms with Gasteiger partial charge >= 0.3 is 0 Å². The number of nitrogens with zero attached hydrogens (tertiary/aromatic N) is 3. The van der Waals surface area contributed by atoms with Gasteiger partial charge in [-0.1, -0.05) is 6.07 Å². The van der Waals surface area contributed by atoms with Gasteiger partial charge in [-0.05, 0) is 37.4 Å². The molecule has 1 N–H and O–H groups in total. The van der Waals surface area contributed by atoms with Crippen molar-refractivity contribution >= 4 is 5.65 Å². The molecule has 0 amide bonds. The summed E-state index contributed by atoms with van der Waals surface area (Å²) >= 11 is 0. The summed E-state index contributed by atoms with van der Waals surface area (Å²) in [6.45, 7) is 4.59. The first-order chi connectivity index (χ1) is 9.38. The van der Waals surface area contributed by atoms with E-state index in [-0.39, 0.29) is 0 Å². The quantitative estimate of drug-likeness (QED) is 0.884. The Morgan fingerprint density at radius 2 is 2.32 bits per heavy atom. The number of hydrogen-bond donors (Lipinski definition) is 1. The third-order valence-electron chi connectivity index (χ3n) is 4.47. The van der Waals surface area contributed by atoms with Crippen LogP contribution < -0.4 is 5.32 Å². The third-order valence-corrected chi connectivity index (χ3v) is 4.47. The predicted octanol–water partition coefficient (Wildman–Crippen LogP) is 1.52. The Labute approximate surface area is 113 Å². The molecular weight excluding hydrogens is 236 g/mol. The van der Waals surface area contributed by atoms with Crippen LogP contribution in [0.2, 0.25) is 0 Å². The summed E-state index contributed by atoms with van der Waals surface area (Å²) in [6.07, 6.45) is 6.95. The average Bonchev–Trinajstić information content (AvgIpc) is 3.00. The topological polar surface area (TPSA) is 32.6 Å². The van der Waals surface area contributed by atoms with E-state index in [1.165, 1.54) is 38.2 Å². The van der Waals surface area contributed by atoms with Crippen molar-refractivity contribution in [3.8, 4) is 0 Å². The van der Waals surface area contributed by atoms with Crippen LogP contribution in [-0.4, -0.2) is 40.0 Å². The summed E-state index contributed by atoms with van der Waals surface area (Å²) < 4.78 is 2.11. The van der Waals surface area contributed by atoms with E-state index in [1.54, 1.807) is 0 Å². The van der Waals surface area contributed by atoms with Crippen molar-refractivity contribution in [1.29, 1.82) is 0 Å². The summed E-state index contributed by atoms with van der Waals surface area (Å²) in [4.78, 5) is 7.25. The molecule has 2 unspecified atom stereocenters. The maximum Gasteiger partial charge on any atom is 0.137 e. The van der Waals surface area contributed by atoms with Gasteiger partial charge in [0.2, 0.25) is 0 Å². The minimum atomic E-state index is 0.714. The van der Waals surface area contributed by atoms with Crippen molar-refractivity contribution in [2.24, 2.45) is 5.92 Å². The number of aromatic nitrogens is 2. The summed E-state index contributed by atoms with van der Waals surface area (Å²) in [5, 5.41) is 3.66. The lowest BCUT2D eigenvalue weighted by atomic mass is 9.94. The van der Waals surface area contributed by atoms with Crippen LogP contribution in [0.3, 0.4) is 0 Å². The molecule has 4 nitrogen and oxygen atoms in total. The molecule has 0 aromatic carbocycles. The van der Waals surface area contributed by atoms with E-state index in [1.807, 2.05) is 12.1 Å². The van der Waals surface area contributed by atoms with Crippen LogP contribution in [0.1, 0.15) is 18.5 Å². The van der Waals surface area contributed by atoms with Crippen LogP contribution in [0.15, 0.2) is 30.6 Å². The van der Waals surface area contributed by atoms with E-state index in [0.717, 1.165) is 18.1 Å². The van der Waals surface area contributed by atoms with Gasteiger partial charge in [0.25, 0.3) is 0 Å². The molecule has 2 aromatic heterocycles. The second-order valence-electron chi connectivity index (χ2n) is 5.86. The number of nitrogens with one attached hydrogen (secondary N) is 1. The molecule has 4 heteroatoms. The van der Waals surface area contributed by atoms with E-state index in [0.29, 0.717) is 6.04 Å². The third kappa shape index (κ3) is 2.15. The molecular formula is C15H20N4. The fourth-order valence-electron chi connectivity index (χ4n) is 3.56. The highest BCUT2D eigenvalue weighted by Gasteiger charge is 2.34. The molecule has 2 fully saturated rings. The maximum absolute atomic E-state index is 4.69. The molecule has 100 valence electrons. The molecule has 0 saturated carbocycles. The standard InChI is InChI=1S/C15H20N4/c1-2-7-19-10-13(17-15(19)5-1)9-18-8-12-4-3-6-16-14(12)11-18/h1-2,5,7,10,12,14,16H,3-4,6,8-9,11H2. The highest BCUT2D eigenvalue weighted by Crippen LogP contribution is 2.25. The van der Waals surface area contributed by atoms with Crippen molar-refractivity contribution in [1.82, 2.24) is 19.6 Å². The van der Waals surface area contributed by atoms with Crippen LogP contribution in [0, 0.1) is 5.92 Å². The van der Waals surface area contributed by atoms with Crippen molar-refractivity contribution in [2.75, 3.05) is 19.6 Å². The van der Waals surface area contributed by atoms with Crippen molar-refractivity contribution < 1.29 is 0 Å². The largest absolute Gasteiger partial charge is 0.312 e. The monoisotopic (exact) mass is 256 g/mol. The Morgan fingerprint density at radius 3 is 3.21 bits per heavy atom. The molecule has 2 saturated heterocycles. The molecule has 2 aliphatic heterocycles. The summed E-state index contributed by atoms with van der Waals surface area (Å²) in [6, 6.07) is 6.87. The van der Waals surface area contributed by atoms with E-state index in [2.05, 4.69) is 33.1 Å². The zero-order valence-corrected chi connectivity index (χ0v) is 11.1. The van der Waals surface area contributed by atoms with Gasteiger partial charge in [-0.3, -0.25) is 4.90 Å². The van der Waals surface area contributed by atoms with E-state index < -0.39 is 0 Å². The molecule has 0 bridgehead atoms. The Hall–Kier alpha value is -1.39. The summed E-state index contributed by atoms with van der Waals surface area (Å²) in [7, 11) is 0. The number of likely N-dealkylation sites (tertiary alicyclic amines) is 1. The second kappa shape index (κ2) is 4.62. The molecule has 0 aliphatic carbocycles. The zero-order chi connectivity index (χ0) is 12.7. The van der Waals surface area contributed by atoms with Gasteiger partial charge in [0, 0.05) is 38.1 Å². The summed E-state index contributed by atoms with van der Waals surface area (Å²) in [5.74, 6) is 0.853. The molecule has 4 rings (SSSR count). The fourth-order valence-corrected chi connectivity index (χ4v) is 3.56. The van der Waals surface area contributed by atoms with Gasteiger partial charge in [0.1, 0.15) is 5.65 Å². The van der Waals surface area contributed by atoms with E-state index in [4.69, 9.17) is 4.98 Å². The minimum Gasteiger partial charge on any atom is -0.312 e. The number of fused-ring (bicyclic) bond motifs is 2. The molecule has 2 aliphatic rings. The van der Waals surface area contributed by atoms with Gasteiger partial charge in [-0.2, -0.15) is 0 Å². The molecule has 0 radical (unpaired) electrons. The highest BCUT2D eigenvalue weighted by atomic mass is 15.2. The van der Waals surface area contributed by atoms with Crippen molar-refractivity contribution in [3.63, 3.8) is 0 Å². The van der Waals surface area contributed by atoms with Crippen LogP contribution in [0.5, 0.6) is 0 Å². The molecule has 2 atom stereocenters. The first kappa shape index (κ1) is 11.4. The van der Waals surface area contributed by atoms with Gasteiger partial charge in [-0.25, -0.2) is 4.98 Å². The van der Waals surface area contributed by atoms with Gasteiger partial charge in [0.15, 0.2) is 0 Å². The van der Waals surface area contributed by atoms with Gasteiger partial charge < -0.3 is 9.72 Å². The fraction of sp³-hybridized carbons (Fsp3) is 0.533. The predicted molar refractivity (Wildman–Crippen MR) is 75.0 cm³/mol. The minimum absolute atomic E-state index is 0.714. The number of piperidine rings is 1. The number of hydrogen-bond acceptors (Lipinski definition) is 3.